The second kappa shape index (κ2) is 2.03. The highest BCUT2D eigenvalue weighted by atomic mass is 15.5. The monoisotopic (exact) mass is 113 g/mol. The number of hydrogen-bond acceptors (Lipinski definition) is 3. The zero-order chi connectivity index (χ0) is 5.98. The van der Waals surface area contributed by atoms with Crippen molar-refractivity contribution in [2.75, 3.05) is 7.05 Å². The van der Waals surface area contributed by atoms with Crippen molar-refractivity contribution in [2.24, 2.45) is 5.10 Å². The van der Waals surface area contributed by atoms with Crippen molar-refractivity contribution in [2.45, 2.75) is 19.5 Å². The van der Waals surface area contributed by atoms with Crippen molar-refractivity contribution in [3.05, 3.63) is 0 Å². The van der Waals surface area contributed by atoms with Gasteiger partial charge in [-0.15, -0.1) is 0 Å². The van der Waals surface area contributed by atoms with Crippen LogP contribution in [0.15, 0.2) is 5.10 Å². The van der Waals surface area contributed by atoms with Crippen LogP contribution in [-0.2, 0) is 0 Å². The lowest BCUT2D eigenvalue weighted by Gasteiger charge is -2.15. The molecule has 0 radical (unpaired) electrons. The van der Waals surface area contributed by atoms with Crippen molar-refractivity contribution < 1.29 is 0 Å². The molecule has 0 saturated heterocycles. The van der Waals surface area contributed by atoms with Crippen LogP contribution >= 0.6 is 0 Å². The first kappa shape index (κ1) is 5.41. The molecule has 1 N–H and O–H groups in total. The number of nitrogens with one attached hydrogen (secondary N) is 1. The Hall–Kier alpha value is -0.730. The molecule has 1 atom stereocenters. The van der Waals surface area contributed by atoms with E-state index >= 15 is 0 Å². The Labute approximate surface area is 49.4 Å². The maximum absolute atomic E-state index is 3.87. The molecule has 0 fully saturated rings. The predicted octanol–water partition coefficient (Wildman–Crippen LogP) is 0.201. The molecular weight excluding hydrogens is 102 g/mol. The SMILES string of the molecule is CCC1NN=CN1C. The summed E-state index contributed by atoms with van der Waals surface area (Å²) < 4.78 is 0. The second-order valence-electron chi connectivity index (χ2n) is 1.96. The third-order valence-corrected chi connectivity index (χ3v) is 1.34. The first-order chi connectivity index (χ1) is 3.84. The molecule has 1 aliphatic heterocycles. The van der Waals surface area contributed by atoms with Gasteiger partial charge in [0.2, 0.25) is 0 Å². The van der Waals surface area contributed by atoms with E-state index in [1.54, 1.807) is 6.34 Å². The van der Waals surface area contributed by atoms with Gasteiger partial charge < -0.3 is 4.90 Å². The molecule has 0 aliphatic carbocycles. The topological polar surface area (TPSA) is 27.6 Å². The van der Waals surface area contributed by atoms with Crippen LogP contribution in [0.2, 0.25) is 0 Å². The van der Waals surface area contributed by atoms with Gasteiger partial charge in [-0.3, -0.25) is 5.43 Å². The van der Waals surface area contributed by atoms with Crippen LogP contribution in [0.4, 0.5) is 0 Å². The molecule has 0 aromatic heterocycles. The van der Waals surface area contributed by atoms with E-state index in [4.69, 9.17) is 0 Å². The summed E-state index contributed by atoms with van der Waals surface area (Å²) in [6.45, 7) is 2.13. The average molecular weight is 113 g/mol. The molecule has 0 bridgehead atoms. The predicted molar refractivity (Wildman–Crippen MR) is 33.5 cm³/mol. The minimum absolute atomic E-state index is 0.426. The Bertz CT molecular complexity index is 99.8. The van der Waals surface area contributed by atoms with E-state index in [1.165, 1.54) is 0 Å². The summed E-state index contributed by atoms with van der Waals surface area (Å²) >= 11 is 0. The number of hydrazone groups is 1. The summed E-state index contributed by atoms with van der Waals surface area (Å²) in [6.07, 6.45) is 3.32. The van der Waals surface area contributed by atoms with Crippen molar-refractivity contribution in [3.8, 4) is 0 Å². The maximum Gasteiger partial charge on any atom is 0.115 e. The minimum Gasteiger partial charge on any atom is -0.343 e. The van der Waals surface area contributed by atoms with Gasteiger partial charge in [-0.2, -0.15) is 5.10 Å². The van der Waals surface area contributed by atoms with Crippen LogP contribution in [0.5, 0.6) is 0 Å². The average Bonchev–Trinajstić information content (AvgIpc) is 2.14. The fourth-order valence-electron chi connectivity index (χ4n) is 0.761. The summed E-state index contributed by atoms with van der Waals surface area (Å²) in [4.78, 5) is 2.06. The normalized spacial score (nSPS) is 26.2. The van der Waals surface area contributed by atoms with E-state index in [2.05, 4.69) is 22.4 Å². The second-order valence-corrected chi connectivity index (χ2v) is 1.96. The number of nitrogens with zero attached hydrogens (tertiary/aromatic N) is 2. The molecule has 46 valence electrons. The molecule has 0 spiro atoms. The molecule has 1 rings (SSSR count). The van der Waals surface area contributed by atoms with Gasteiger partial charge in [0.25, 0.3) is 0 Å². The van der Waals surface area contributed by atoms with Crippen LogP contribution in [0, 0.1) is 0 Å². The van der Waals surface area contributed by atoms with Gasteiger partial charge in [-0.1, -0.05) is 6.92 Å². The quantitative estimate of drug-likeness (QED) is 0.526. The van der Waals surface area contributed by atoms with Crippen LogP contribution in [-0.4, -0.2) is 24.5 Å². The summed E-state index contributed by atoms with van der Waals surface area (Å²) in [7, 11) is 2.01. The molecule has 8 heavy (non-hydrogen) atoms. The van der Waals surface area contributed by atoms with E-state index < -0.39 is 0 Å². The zero-order valence-electron chi connectivity index (χ0n) is 5.26. The Morgan fingerprint density at radius 2 is 2.62 bits per heavy atom. The van der Waals surface area contributed by atoms with Gasteiger partial charge in [0.05, 0.1) is 0 Å². The summed E-state index contributed by atoms with van der Waals surface area (Å²) in [5.41, 5.74) is 2.95. The van der Waals surface area contributed by atoms with Crippen LogP contribution in [0.3, 0.4) is 0 Å². The van der Waals surface area contributed by atoms with Gasteiger partial charge in [0, 0.05) is 7.05 Å². The highest BCUT2D eigenvalue weighted by Gasteiger charge is 2.11. The largest absolute Gasteiger partial charge is 0.343 e. The van der Waals surface area contributed by atoms with Crippen molar-refractivity contribution in [3.63, 3.8) is 0 Å². The van der Waals surface area contributed by atoms with Crippen molar-refractivity contribution in [1.29, 1.82) is 0 Å². The number of rotatable bonds is 1. The van der Waals surface area contributed by atoms with Gasteiger partial charge in [0.15, 0.2) is 0 Å². The van der Waals surface area contributed by atoms with E-state index in [-0.39, 0.29) is 0 Å². The lowest BCUT2D eigenvalue weighted by atomic mass is 10.4. The van der Waals surface area contributed by atoms with E-state index in [9.17, 15) is 0 Å². The van der Waals surface area contributed by atoms with E-state index in [0.29, 0.717) is 6.17 Å². The van der Waals surface area contributed by atoms with Crippen LogP contribution in [0.1, 0.15) is 13.3 Å². The molecule has 1 aliphatic rings. The van der Waals surface area contributed by atoms with Gasteiger partial charge in [-0.05, 0) is 6.42 Å². The molecule has 3 heteroatoms. The minimum atomic E-state index is 0.426. The summed E-state index contributed by atoms with van der Waals surface area (Å²) in [5, 5.41) is 3.87. The molecule has 0 aromatic rings. The van der Waals surface area contributed by atoms with Crippen molar-refractivity contribution >= 4 is 6.34 Å². The molecule has 0 amide bonds. The zero-order valence-corrected chi connectivity index (χ0v) is 5.26. The third kappa shape index (κ3) is 0.757. The highest BCUT2D eigenvalue weighted by molar-refractivity contribution is 5.56. The van der Waals surface area contributed by atoms with Gasteiger partial charge >= 0.3 is 0 Å². The van der Waals surface area contributed by atoms with Crippen LogP contribution in [0.25, 0.3) is 0 Å². The molecule has 1 unspecified atom stereocenters. The molecular formula is C5H11N3. The molecule has 0 aromatic carbocycles. The Balaban J connectivity index is 2.38. The van der Waals surface area contributed by atoms with E-state index in [1.807, 2.05) is 7.05 Å². The maximum atomic E-state index is 3.87. The Morgan fingerprint density at radius 1 is 1.88 bits per heavy atom. The van der Waals surface area contributed by atoms with Crippen molar-refractivity contribution in [1.82, 2.24) is 10.3 Å². The first-order valence-electron chi connectivity index (χ1n) is 2.85. The lowest BCUT2D eigenvalue weighted by Crippen LogP contribution is -2.32. The smallest absolute Gasteiger partial charge is 0.115 e. The highest BCUT2D eigenvalue weighted by Crippen LogP contribution is 1.98. The fourth-order valence-corrected chi connectivity index (χ4v) is 0.761. The number of hydrogen-bond donors (Lipinski definition) is 1. The molecule has 0 saturated carbocycles. The lowest BCUT2D eigenvalue weighted by molar-refractivity contribution is 0.344. The molecule has 3 nitrogen and oxygen atoms in total. The third-order valence-electron chi connectivity index (χ3n) is 1.34. The molecule has 1 heterocycles. The van der Waals surface area contributed by atoms with Crippen LogP contribution < -0.4 is 5.43 Å². The summed E-state index contributed by atoms with van der Waals surface area (Å²) in [6, 6.07) is 0. The first-order valence-corrected chi connectivity index (χ1v) is 2.85. The Morgan fingerprint density at radius 3 is 2.88 bits per heavy atom. The van der Waals surface area contributed by atoms with E-state index in [0.717, 1.165) is 6.42 Å². The standard InChI is InChI=1S/C5H11N3/c1-3-5-7-6-4-8(5)2/h4-5,7H,3H2,1-2H3. The van der Waals surface area contributed by atoms with Gasteiger partial charge in [-0.25, -0.2) is 0 Å². The Kier molecular flexibility index (Phi) is 1.37. The summed E-state index contributed by atoms with van der Waals surface area (Å²) in [5.74, 6) is 0. The fraction of sp³-hybridized carbons (Fsp3) is 0.800. The van der Waals surface area contributed by atoms with Gasteiger partial charge in [0.1, 0.15) is 12.5 Å².